The molecule has 0 radical (unpaired) electrons. The number of aliphatic hydroxyl groups excluding tert-OH is 1. The molecule has 4 nitrogen and oxygen atoms in total. The summed E-state index contributed by atoms with van der Waals surface area (Å²) in [7, 11) is 0. The number of fused-ring (bicyclic) bond motifs is 1. The molecule has 1 aromatic heterocycles. The predicted octanol–water partition coefficient (Wildman–Crippen LogP) is 3.02. The first-order chi connectivity index (χ1) is 10.5. The van der Waals surface area contributed by atoms with Crippen molar-refractivity contribution in [3.05, 3.63) is 57.3 Å². The van der Waals surface area contributed by atoms with Crippen LogP contribution in [0.2, 0.25) is 0 Å². The van der Waals surface area contributed by atoms with Crippen LogP contribution in [0, 0.1) is 0 Å². The zero-order valence-electron chi connectivity index (χ0n) is 11.8. The third kappa shape index (κ3) is 2.59. The standard InChI is InChI=1S/C17H16O4S/c18-14-8-9-17(21,16(19)20)13-10-12(22-15(13)14)7-6-11-4-2-1-3-5-11/h1-7,10,14,18,21H,8-9H2,(H,19,20)/t14-,17+/m0/s1. The van der Waals surface area contributed by atoms with Crippen LogP contribution < -0.4 is 0 Å². The quantitative estimate of drug-likeness (QED) is 0.813. The van der Waals surface area contributed by atoms with Crippen molar-refractivity contribution in [3.8, 4) is 0 Å². The number of rotatable bonds is 3. The molecule has 2 aromatic rings. The van der Waals surface area contributed by atoms with Crippen molar-refractivity contribution in [2.45, 2.75) is 24.5 Å². The van der Waals surface area contributed by atoms with Gasteiger partial charge < -0.3 is 15.3 Å². The first-order valence-corrected chi connectivity index (χ1v) is 7.83. The van der Waals surface area contributed by atoms with E-state index in [-0.39, 0.29) is 12.8 Å². The number of hydrogen-bond acceptors (Lipinski definition) is 4. The molecule has 0 saturated heterocycles. The average Bonchev–Trinajstić information content (AvgIpc) is 2.96. The second-order valence-electron chi connectivity index (χ2n) is 5.39. The van der Waals surface area contributed by atoms with Gasteiger partial charge in [-0.05, 0) is 30.5 Å². The van der Waals surface area contributed by atoms with Gasteiger partial charge in [0.25, 0.3) is 0 Å². The molecule has 0 unspecified atom stereocenters. The average molecular weight is 316 g/mol. The number of thiophene rings is 1. The molecule has 22 heavy (non-hydrogen) atoms. The molecular weight excluding hydrogens is 300 g/mol. The van der Waals surface area contributed by atoms with Gasteiger partial charge in [-0.25, -0.2) is 4.79 Å². The van der Waals surface area contributed by atoms with Crippen molar-refractivity contribution in [1.82, 2.24) is 0 Å². The fourth-order valence-corrected chi connectivity index (χ4v) is 3.81. The molecule has 0 spiro atoms. The molecule has 0 bridgehead atoms. The lowest BCUT2D eigenvalue weighted by molar-refractivity contribution is -0.162. The van der Waals surface area contributed by atoms with Crippen LogP contribution in [0.25, 0.3) is 12.2 Å². The van der Waals surface area contributed by atoms with E-state index < -0.39 is 17.7 Å². The van der Waals surface area contributed by atoms with Gasteiger partial charge >= 0.3 is 5.97 Å². The van der Waals surface area contributed by atoms with Crippen molar-refractivity contribution < 1.29 is 20.1 Å². The minimum absolute atomic E-state index is 0.0229. The number of aliphatic carboxylic acids is 1. The number of benzene rings is 1. The maximum absolute atomic E-state index is 11.4. The zero-order chi connectivity index (χ0) is 15.7. The van der Waals surface area contributed by atoms with Gasteiger partial charge in [-0.3, -0.25) is 0 Å². The highest BCUT2D eigenvalue weighted by Gasteiger charge is 2.45. The van der Waals surface area contributed by atoms with Crippen molar-refractivity contribution in [2.75, 3.05) is 0 Å². The summed E-state index contributed by atoms with van der Waals surface area (Å²) in [5.74, 6) is -1.27. The van der Waals surface area contributed by atoms with Crippen LogP contribution in [0.5, 0.6) is 0 Å². The van der Waals surface area contributed by atoms with E-state index >= 15 is 0 Å². The summed E-state index contributed by atoms with van der Waals surface area (Å²) in [4.78, 5) is 12.7. The number of carbonyl (C=O) groups is 1. The Hall–Kier alpha value is -1.95. The summed E-state index contributed by atoms with van der Waals surface area (Å²) in [6, 6.07) is 11.4. The number of carboxylic acid groups (broad SMARTS) is 1. The van der Waals surface area contributed by atoms with Crippen molar-refractivity contribution in [1.29, 1.82) is 0 Å². The van der Waals surface area contributed by atoms with Gasteiger partial charge in [0.05, 0.1) is 6.10 Å². The number of aliphatic hydroxyl groups is 2. The molecule has 2 atom stereocenters. The smallest absolute Gasteiger partial charge is 0.340 e. The minimum Gasteiger partial charge on any atom is -0.479 e. The van der Waals surface area contributed by atoms with Gasteiger partial charge in [0.15, 0.2) is 5.60 Å². The zero-order valence-corrected chi connectivity index (χ0v) is 12.6. The van der Waals surface area contributed by atoms with Crippen LogP contribution >= 0.6 is 11.3 Å². The molecule has 1 aromatic carbocycles. The van der Waals surface area contributed by atoms with E-state index in [4.69, 9.17) is 0 Å². The molecule has 3 rings (SSSR count). The molecule has 114 valence electrons. The molecule has 1 aliphatic carbocycles. The van der Waals surface area contributed by atoms with Gasteiger partial charge in [-0.1, -0.05) is 36.4 Å². The summed E-state index contributed by atoms with van der Waals surface area (Å²) in [6.45, 7) is 0. The van der Waals surface area contributed by atoms with E-state index in [2.05, 4.69) is 0 Å². The summed E-state index contributed by atoms with van der Waals surface area (Å²) >= 11 is 1.32. The van der Waals surface area contributed by atoms with Crippen LogP contribution in [-0.2, 0) is 10.4 Å². The topological polar surface area (TPSA) is 77.8 Å². The Bertz CT molecular complexity index is 720. The van der Waals surface area contributed by atoms with Crippen molar-refractivity contribution in [2.24, 2.45) is 0 Å². The van der Waals surface area contributed by atoms with E-state index in [1.165, 1.54) is 11.3 Å². The summed E-state index contributed by atoms with van der Waals surface area (Å²) in [6.07, 6.45) is 3.35. The lowest BCUT2D eigenvalue weighted by Gasteiger charge is -2.30. The van der Waals surface area contributed by atoms with Crippen LogP contribution in [0.1, 0.15) is 39.8 Å². The summed E-state index contributed by atoms with van der Waals surface area (Å²) in [5.41, 5.74) is -0.552. The number of hydrogen-bond donors (Lipinski definition) is 3. The second-order valence-corrected chi connectivity index (χ2v) is 6.51. The van der Waals surface area contributed by atoms with E-state index in [0.717, 1.165) is 10.4 Å². The highest BCUT2D eigenvalue weighted by Crippen LogP contribution is 2.45. The minimum atomic E-state index is -1.90. The normalized spacial score (nSPS) is 24.4. The second kappa shape index (κ2) is 5.68. The van der Waals surface area contributed by atoms with Gasteiger partial charge in [0.2, 0.25) is 0 Å². The van der Waals surface area contributed by atoms with Gasteiger partial charge in [0, 0.05) is 15.3 Å². The molecule has 0 aliphatic heterocycles. The SMILES string of the molecule is O=C(O)[C@@]1(O)CC[C@H](O)c2sc(C=Cc3ccccc3)cc21. The number of carboxylic acids is 1. The largest absolute Gasteiger partial charge is 0.479 e. The third-order valence-corrected chi connectivity index (χ3v) is 5.10. The highest BCUT2D eigenvalue weighted by atomic mass is 32.1. The first kappa shape index (κ1) is 15.0. The fraction of sp³-hybridized carbons (Fsp3) is 0.235. The maximum atomic E-state index is 11.4. The van der Waals surface area contributed by atoms with Crippen LogP contribution in [-0.4, -0.2) is 21.3 Å². The Labute approximate surface area is 132 Å². The Morgan fingerprint density at radius 1 is 1.27 bits per heavy atom. The Kier molecular flexibility index (Phi) is 3.87. The Balaban J connectivity index is 1.97. The Morgan fingerprint density at radius 2 is 2.00 bits per heavy atom. The van der Waals surface area contributed by atoms with Crippen molar-refractivity contribution in [3.63, 3.8) is 0 Å². The van der Waals surface area contributed by atoms with Crippen LogP contribution in [0.3, 0.4) is 0 Å². The third-order valence-electron chi connectivity index (χ3n) is 3.90. The van der Waals surface area contributed by atoms with E-state index in [1.807, 2.05) is 42.5 Å². The van der Waals surface area contributed by atoms with Gasteiger partial charge in [0.1, 0.15) is 0 Å². The first-order valence-electron chi connectivity index (χ1n) is 7.02. The van der Waals surface area contributed by atoms with Crippen LogP contribution in [0.4, 0.5) is 0 Å². The van der Waals surface area contributed by atoms with Gasteiger partial charge in [-0.2, -0.15) is 0 Å². The van der Waals surface area contributed by atoms with E-state index in [1.54, 1.807) is 6.07 Å². The van der Waals surface area contributed by atoms with E-state index in [9.17, 15) is 20.1 Å². The summed E-state index contributed by atoms with van der Waals surface area (Å²) < 4.78 is 0. The van der Waals surface area contributed by atoms with Gasteiger partial charge in [-0.15, -0.1) is 11.3 Å². The molecule has 3 N–H and O–H groups in total. The molecule has 5 heteroatoms. The van der Waals surface area contributed by atoms with Crippen molar-refractivity contribution >= 4 is 29.5 Å². The fourth-order valence-electron chi connectivity index (χ4n) is 2.65. The highest BCUT2D eigenvalue weighted by molar-refractivity contribution is 7.13. The molecule has 1 aliphatic rings. The summed E-state index contributed by atoms with van der Waals surface area (Å²) in [5, 5.41) is 29.7. The molecular formula is C17H16O4S. The molecule has 0 amide bonds. The maximum Gasteiger partial charge on any atom is 0.340 e. The monoisotopic (exact) mass is 316 g/mol. The lowest BCUT2D eigenvalue weighted by atomic mass is 9.82. The van der Waals surface area contributed by atoms with Crippen LogP contribution in [0.15, 0.2) is 36.4 Å². The molecule has 0 fully saturated rings. The lowest BCUT2D eigenvalue weighted by Crippen LogP contribution is -2.39. The molecule has 0 saturated carbocycles. The predicted molar refractivity (Wildman–Crippen MR) is 85.4 cm³/mol. The Morgan fingerprint density at radius 3 is 2.68 bits per heavy atom. The van der Waals surface area contributed by atoms with E-state index in [0.29, 0.717) is 10.4 Å². The molecule has 1 heterocycles.